The number of aromatic hydroxyl groups is 1. The van der Waals surface area contributed by atoms with Crippen LogP contribution in [-0.4, -0.2) is 16.2 Å². The van der Waals surface area contributed by atoms with Crippen LogP contribution >= 0.6 is 0 Å². The third kappa shape index (κ3) is 2.67. The lowest BCUT2D eigenvalue weighted by Gasteiger charge is -2.05. The number of carbonyl (C=O) groups is 1. The van der Waals surface area contributed by atoms with Gasteiger partial charge in [-0.15, -0.1) is 0 Å². The zero-order valence-electron chi connectivity index (χ0n) is 10.9. The van der Waals surface area contributed by atoms with E-state index in [9.17, 15) is 9.90 Å². The quantitative estimate of drug-likeness (QED) is 0.767. The van der Waals surface area contributed by atoms with Gasteiger partial charge >= 0.3 is 5.97 Å². The van der Waals surface area contributed by atoms with Gasteiger partial charge in [0.05, 0.1) is 11.8 Å². The highest BCUT2D eigenvalue weighted by Gasteiger charge is 2.10. The van der Waals surface area contributed by atoms with Crippen molar-refractivity contribution in [3.63, 3.8) is 0 Å². The van der Waals surface area contributed by atoms with E-state index in [1.807, 2.05) is 0 Å². The summed E-state index contributed by atoms with van der Waals surface area (Å²) in [5.74, 6) is -0.339. The van der Waals surface area contributed by atoms with Crippen molar-refractivity contribution in [1.82, 2.24) is 0 Å². The molecule has 0 fully saturated rings. The normalized spacial score (nSPS) is 10.7. The lowest BCUT2D eigenvalue weighted by molar-refractivity contribution is 0.0697. The molecule has 0 aliphatic carbocycles. The van der Waals surface area contributed by atoms with Crippen molar-refractivity contribution in [1.29, 1.82) is 0 Å². The summed E-state index contributed by atoms with van der Waals surface area (Å²) >= 11 is 0. The van der Waals surface area contributed by atoms with Gasteiger partial charge in [0, 0.05) is 17.0 Å². The SMILES string of the molecule is O=C(O)c1ccc2occ(COc3cccc(O)c3)c2c1. The van der Waals surface area contributed by atoms with Crippen LogP contribution in [0.2, 0.25) is 0 Å². The monoisotopic (exact) mass is 284 g/mol. The fourth-order valence-corrected chi connectivity index (χ4v) is 2.06. The third-order valence-corrected chi connectivity index (χ3v) is 3.11. The molecule has 0 aliphatic rings. The highest BCUT2D eigenvalue weighted by molar-refractivity contribution is 5.93. The van der Waals surface area contributed by atoms with Gasteiger partial charge in [-0.2, -0.15) is 0 Å². The topological polar surface area (TPSA) is 79.9 Å². The Morgan fingerprint density at radius 1 is 1.19 bits per heavy atom. The average Bonchev–Trinajstić information content (AvgIpc) is 2.87. The predicted octanol–water partition coefficient (Wildman–Crippen LogP) is 3.42. The van der Waals surface area contributed by atoms with Crippen molar-refractivity contribution >= 4 is 16.9 Å². The Kier molecular flexibility index (Phi) is 3.23. The minimum absolute atomic E-state index is 0.123. The second kappa shape index (κ2) is 5.20. The van der Waals surface area contributed by atoms with Gasteiger partial charge in [-0.05, 0) is 30.3 Å². The van der Waals surface area contributed by atoms with Crippen LogP contribution in [0.1, 0.15) is 15.9 Å². The van der Waals surface area contributed by atoms with E-state index < -0.39 is 5.97 Å². The maximum absolute atomic E-state index is 11.0. The van der Waals surface area contributed by atoms with Crippen LogP contribution in [0.4, 0.5) is 0 Å². The molecule has 0 amide bonds. The van der Waals surface area contributed by atoms with Crippen LogP contribution in [0.3, 0.4) is 0 Å². The fourth-order valence-electron chi connectivity index (χ4n) is 2.06. The largest absolute Gasteiger partial charge is 0.508 e. The Hall–Kier alpha value is -2.95. The Balaban J connectivity index is 1.86. The van der Waals surface area contributed by atoms with Gasteiger partial charge in [0.15, 0.2) is 0 Å². The highest BCUT2D eigenvalue weighted by Crippen LogP contribution is 2.25. The molecule has 21 heavy (non-hydrogen) atoms. The smallest absolute Gasteiger partial charge is 0.335 e. The van der Waals surface area contributed by atoms with E-state index in [-0.39, 0.29) is 17.9 Å². The molecule has 0 atom stereocenters. The minimum atomic E-state index is -0.988. The molecule has 1 aromatic heterocycles. The summed E-state index contributed by atoms with van der Waals surface area (Å²) in [6.45, 7) is 0.222. The molecule has 0 saturated heterocycles. The molecule has 106 valence electrons. The van der Waals surface area contributed by atoms with Crippen LogP contribution in [0, 0.1) is 0 Å². The van der Waals surface area contributed by atoms with E-state index in [4.69, 9.17) is 14.3 Å². The molecule has 2 aromatic carbocycles. The lowest BCUT2D eigenvalue weighted by Crippen LogP contribution is -1.97. The van der Waals surface area contributed by atoms with Gasteiger partial charge in [-0.3, -0.25) is 0 Å². The Morgan fingerprint density at radius 2 is 2.05 bits per heavy atom. The first kappa shape index (κ1) is 13.1. The first-order valence-electron chi connectivity index (χ1n) is 6.29. The molecule has 0 radical (unpaired) electrons. The van der Waals surface area contributed by atoms with Gasteiger partial charge in [0.2, 0.25) is 0 Å². The molecule has 0 unspecified atom stereocenters. The zero-order chi connectivity index (χ0) is 14.8. The number of fused-ring (bicyclic) bond motifs is 1. The van der Waals surface area contributed by atoms with E-state index in [2.05, 4.69) is 0 Å². The van der Waals surface area contributed by atoms with E-state index in [0.717, 1.165) is 5.56 Å². The Labute approximate surface area is 120 Å². The maximum Gasteiger partial charge on any atom is 0.335 e. The summed E-state index contributed by atoms with van der Waals surface area (Å²) in [6.07, 6.45) is 1.54. The molecular weight excluding hydrogens is 272 g/mol. The molecule has 2 N–H and O–H groups in total. The molecule has 0 aliphatic heterocycles. The van der Waals surface area contributed by atoms with Crippen molar-refractivity contribution in [3.05, 3.63) is 59.9 Å². The summed E-state index contributed by atoms with van der Waals surface area (Å²) in [5.41, 5.74) is 1.55. The standard InChI is InChI=1S/C16H12O5/c17-12-2-1-3-13(7-12)20-8-11-9-21-15-5-4-10(16(18)19)6-14(11)15/h1-7,9,17H,8H2,(H,18,19). The number of phenols is 1. The molecule has 5 heteroatoms. The Morgan fingerprint density at radius 3 is 2.81 bits per heavy atom. The van der Waals surface area contributed by atoms with Crippen LogP contribution in [0.25, 0.3) is 11.0 Å². The van der Waals surface area contributed by atoms with Crippen molar-refractivity contribution < 1.29 is 24.2 Å². The molecule has 5 nitrogen and oxygen atoms in total. The summed E-state index contributed by atoms with van der Waals surface area (Å²) in [6, 6.07) is 11.1. The average molecular weight is 284 g/mol. The van der Waals surface area contributed by atoms with Gasteiger partial charge in [-0.1, -0.05) is 6.07 Å². The number of phenolic OH excluding ortho intramolecular Hbond substituents is 1. The summed E-state index contributed by atoms with van der Waals surface area (Å²) in [5, 5.41) is 19.1. The maximum atomic E-state index is 11.0. The van der Waals surface area contributed by atoms with Crippen LogP contribution in [0.5, 0.6) is 11.5 Å². The van der Waals surface area contributed by atoms with Gasteiger partial charge in [0.25, 0.3) is 0 Å². The summed E-state index contributed by atoms with van der Waals surface area (Å²) in [4.78, 5) is 11.0. The van der Waals surface area contributed by atoms with Gasteiger partial charge < -0.3 is 19.4 Å². The first-order valence-corrected chi connectivity index (χ1v) is 6.29. The summed E-state index contributed by atoms with van der Waals surface area (Å²) in [7, 11) is 0. The molecule has 3 rings (SSSR count). The number of aromatic carboxylic acids is 1. The number of hydrogen-bond donors (Lipinski definition) is 2. The van der Waals surface area contributed by atoms with Crippen LogP contribution in [-0.2, 0) is 6.61 Å². The predicted molar refractivity (Wildman–Crippen MR) is 75.6 cm³/mol. The van der Waals surface area contributed by atoms with E-state index in [1.165, 1.54) is 12.1 Å². The number of carboxylic acids is 1. The molecular formula is C16H12O5. The number of rotatable bonds is 4. The van der Waals surface area contributed by atoms with E-state index >= 15 is 0 Å². The van der Waals surface area contributed by atoms with Crippen molar-refractivity contribution in [2.75, 3.05) is 0 Å². The number of benzene rings is 2. The number of hydrogen-bond acceptors (Lipinski definition) is 4. The molecule has 0 bridgehead atoms. The van der Waals surface area contributed by atoms with E-state index in [1.54, 1.807) is 36.6 Å². The van der Waals surface area contributed by atoms with Crippen molar-refractivity contribution in [2.24, 2.45) is 0 Å². The second-order valence-electron chi connectivity index (χ2n) is 4.56. The highest BCUT2D eigenvalue weighted by atomic mass is 16.5. The van der Waals surface area contributed by atoms with Gasteiger partial charge in [0.1, 0.15) is 23.7 Å². The van der Waals surface area contributed by atoms with Crippen LogP contribution in [0.15, 0.2) is 53.1 Å². The summed E-state index contributed by atoms with van der Waals surface area (Å²) < 4.78 is 10.9. The number of carboxylic acid groups (broad SMARTS) is 1. The fraction of sp³-hybridized carbons (Fsp3) is 0.0625. The molecule has 0 saturated carbocycles. The van der Waals surface area contributed by atoms with Crippen LogP contribution < -0.4 is 4.74 Å². The molecule has 1 heterocycles. The number of ether oxygens (including phenoxy) is 1. The minimum Gasteiger partial charge on any atom is -0.508 e. The third-order valence-electron chi connectivity index (χ3n) is 3.11. The molecule has 3 aromatic rings. The van der Waals surface area contributed by atoms with Gasteiger partial charge in [-0.25, -0.2) is 4.79 Å². The van der Waals surface area contributed by atoms with Crippen molar-refractivity contribution in [2.45, 2.75) is 6.61 Å². The first-order chi connectivity index (χ1) is 10.1. The number of furan rings is 1. The molecule has 0 spiro atoms. The van der Waals surface area contributed by atoms with E-state index in [0.29, 0.717) is 16.7 Å². The second-order valence-corrected chi connectivity index (χ2v) is 4.56. The zero-order valence-corrected chi connectivity index (χ0v) is 10.9. The lowest BCUT2D eigenvalue weighted by atomic mass is 10.1. The Bertz CT molecular complexity index is 803. The van der Waals surface area contributed by atoms with Crippen molar-refractivity contribution in [3.8, 4) is 11.5 Å².